The minimum absolute atomic E-state index is 0.0737. The first-order valence-corrected chi connectivity index (χ1v) is 24.8. The summed E-state index contributed by atoms with van der Waals surface area (Å²) in [5.41, 5.74) is 6.74. The van der Waals surface area contributed by atoms with Gasteiger partial charge >= 0.3 is 0 Å². The standard InChI is InChI=1S/C61H64O11/c62-60-58(68-41-50-32-18-6-19-33-50)57(55(66-39-48-28-14-4-15-29-48)52(70-60)43-63-36-45-22-8-1-9-23-45)72-61-59(69-42-51-34-20-7-21-35-51)56(67-40-49-30-16-5-17-31-49)54(65-38-47-26-12-3-13-27-47)53(71-61)44-64-37-46-24-10-2-11-25-46/h1-35,52-62H,36-44H2/t52-,53-,54-,55-,56+,57+,58-,59-,60+,61?/m1/s1. The van der Waals surface area contributed by atoms with Gasteiger partial charge in [-0.3, -0.25) is 0 Å². The average Bonchev–Trinajstić information content (AvgIpc) is 3.43. The van der Waals surface area contributed by atoms with E-state index in [1.54, 1.807) is 0 Å². The molecule has 0 radical (unpaired) electrons. The van der Waals surface area contributed by atoms with Crippen LogP contribution in [0.15, 0.2) is 212 Å². The molecule has 2 saturated heterocycles. The molecule has 7 aromatic rings. The van der Waals surface area contributed by atoms with E-state index >= 15 is 0 Å². The number of benzene rings is 7. The van der Waals surface area contributed by atoms with Crippen LogP contribution in [0.25, 0.3) is 0 Å². The van der Waals surface area contributed by atoms with Gasteiger partial charge in [0.1, 0.15) is 48.8 Å². The summed E-state index contributed by atoms with van der Waals surface area (Å²) in [5, 5.41) is 12.1. The normalized spacial score (nSPS) is 24.2. The Morgan fingerprint density at radius 1 is 0.292 bits per heavy atom. The van der Waals surface area contributed by atoms with Crippen LogP contribution in [0.3, 0.4) is 0 Å². The van der Waals surface area contributed by atoms with Crippen molar-refractivity contribution >= 4 is 0 Å². The van der Waals surface area contributed by atoms with E-state index in [2.05, 4.69) is 0 Å². The molecule has 2 aliphatic heterocycles. The molecule has 0 amide bonds. The smallest absolute Gasteiger partial charge is 0.187 e. The Kier molecular flexibility index (Phi) is 19.3. The lowest BCUT2D eigenvalue weighted by Crippen LogP contribution is -2.66. The Bertz CT molecular complexity index is 2550. The summed E-state index contributed by atoms with van der Waals surface area (Å²) < 4.78 is 68.6. The fourth-order valence-electron chi connectivity index (χ4n) is 8.98. The van der Waals surface area contributed by atoms with Crippen molar-refractivity contribution < 1.29 is 52.5 Å². The summed E-state index contributed by atoms with van der Waals surface area (Å²) in [6, 6.07) is 69.6. The topological polar surface area (TPSA) is 113 Å². The monoisotopic (exact) mass is 972 g/mol. The van der Waals surface area contributed by atoms with Crippen LogP contribution in [-0.2, 0) is 93.6 Å². The Morgan fingerprint density at radius 2 is 0.569 bits per heavy atom. The molecular formula is C61H64O11. The highest BCUT2D eigenvalue weighted by Gasteiger charge is 2.54. The van der Waals surface area contributed by atoms with E-state index in [1.807, 2.05) is 212 Å². The molecule has 2 aliphatic rings. The third-order valence-electron chi connectivity index (χ3n) is 12.7. The third-order valence-corrected chi connectivity index (χ3v) is 12.7. The van der Waals surface area contributed by atoms with Gasteiger partial charge < -0.3 is 52.5 Å². The predicted molar refractivity (Wildman–Crippen MR) is 272 cm³/mol. The van der Waals surface area contributed by atoms with Crippen LogP contribution in [0.1, 0.15) is 38.9 Å². The van der Waals surface area contributed by atoms with Gasteiger partial charge in [-0.1, -0.05) is 212 Å². The molecule has 1 unspecified atom stereocenters. The Hall–Kier alpha value is -5.90. The summed E-state index contributed by atoms with van der Waals surface area (Å²) >= 11 is 0. The largest absolute Gasteiger partial charge is 0.374 e. The van der Waals surface area contributed by atoms with Gasteiger partial charge in [-0.2, -0.15) is 0 Å². The molecule has 11 nitrogen and oxygen atoms in total. The highest BCUT2D eigenvalue weighted by atomic mass is 16.7. The van der Waals surface area contributed by atoms with Crippen LogP contribution in [0.4, 0.5) is 0 Å². The first kappa shape index (κ1) is 51.0. The third kappa shape index (κ3) is 14.8. The fraction of sp³-hybridized carbons (Fsp3) is 0.311. The first-order chi connectivity index (χ1) is 35.6. The van der Waals surface area contributed by atoms with E-state index in [0.29, 0.717) is 13.2 Å². The lowest BCUT2D eigenvalue weighted by atomic mass is 9.95. The van der Waals surface area contributed by atoms with Gasteiger partial charge in [-0.05, 0) is 38.9 Å². The molecule has 11 heteroatoms. The Balaban J connectivity index is 1.10. The molecule has 7 aromatic carbocycles. The van der Waals surface area contributed by atoms with E-state index < -0.39 is 61.4 Å². The molecule has 374 valence electrons. The van der Waals surface area contributed by atoms with E-state index in [9.17, 15) is 5.11 Å². The molecule has 0 aliphatic carbocycles. The second-order valence-electron chi connectivity index (χ2n) is 18.0. The van der Waals surface area contributed by atoms with Gasteiger partial charge in [-0.25, -0.2) is 0 Å². The summed E-state index contributed by atoms with van der Waals surface area (Å²) in [7, 11) is 0. The van der Waals surface area contributed by atoms with Crippen LogP contribution >= 0.6 is 0 Å². The van der Waals surface area contributed by atoms with Gasteiger partial charge in [0, 0.05) is 0 Å². The van der Waals surface area contributed by atoms with Crippen molar-refractivity contribution in [3.63, 3.8) is 0 Å². The number of ether oxygens (including phenoxy) is 10. The van der Waals surface area contributed by atoms with Gasteiger partial charge in [0.2, 0.25) is 0 Å². The number of rotatable bonds is 25. The minimum atomic E-state index is -1.45. The van der Waals surface area contributed by atoms with Crippen molar-refractivity contribution in [2.24, 2.45) is 0 Å². The Labute approximate surface area is 423 Å². The molecule has 0 saturated carbocycles. The quantitative estimate of drug-likeness (QED) is 0.0591. The Morgan fingerprint density at radius 3 is 0.931 bits per heavy atom. The van der Waals surface area contributed by atoms with Crippen molar-refractivity contribution in [2.45, 2.75) is 108 Å². The van der Waals surface area contributed by atoms with Gasteiger partial charge in [-0.15, -0.1) is 0 Å². The van der Waals surface area contributed by atoms with Gasteiger partial charge in [0.25, 0.3) is 0 Å². The van der Waals surface area contributed by atoms with E-state index in [4.69, 9.17) is 47.4 Å². The van der Waals surface area contributed by atoms with Crippen LogP contribution in [0, 0.1) is 0 Å². The second-order valence-corrected chi connectivity index (χ2v) is 18.0. The van der Waals surface area contributed by atoms with Crippen molar-refractivity contribution in [1.82, 2.24) is 0 Å². The number of hydrogen-bond acceptors (Lipinski definition) is 11. The maximum Gasteiger partial charge on any atom is 0.187 e. The SMILES string of the molecule is O[C@H]1O[C@H](COCc2ccccc2)[C@@H](OCc2ccccc2)[C@H](OC2O[C@H](COCc3ccccc3)[C@@H](OCc3ccccc3)[C@H](OCc3ccccc3)[C@H]2OCc2ccccc2)[C@H]1OCc1ccccc1. The van der Waals surface area contributed by atoms with Gasteiger partial charge in [0.05, 0.1) is 59.5 Å². The molecule has 0 spiro atoms. The fourth-order valence-corrected chi connectivity index (χ4v) is 8.98. The van der Waals surface area contributed by atoms with Crippen molar-refractivity contribution in [2.75, 3.05) is 13.2 Å². The number of hydrogen-bond donors (Lipinski definition) is 1. The van der Waals surface area contributed by atoms with Crippen molar-refractivity contribution in [3.05, 3.63) is 251 Å². The minimum Gasteiger partial charge on any atom is -0.374 e. The van der Waals surface area contributed by atoms with Crippen molar-refractivity contribution in [3.8, 4) is 0 Å². The maximum absolute atomic E-state index is 12.1. The zero-order valence-electron chi connectivity index (χ0n) is 40.4. The van der Waals surface area contributed by atoms with Crippen LogP contribution in [0.2, 0.25) is 0 Å². The summed E-state index contributed by atoms with van der Waals surface area (Å²) in [6.07, 6.45) is -9.47. The molecule has 1 N–H and O–H groups in total. The molecular weight excluding hydrogens is 909 g/mol. The number of aliphatic hydroxyl groups is 1. The molecule has 10 atom stereocenters. The lowest BCUT2D eigenvalue weighted by Gasteiger charge is -2.49. The molecule has 2 heterocycles. The zero-order valence-corrected chi connectivity index (χ0v) is 40.4. The van der Waals surface area contributed by atoms with Crippen LogP contribution in [-0.4, -0.2) is 79.7 Å². The molecule has 2 fully saturated rings. The molecule has 0 aromatic heterocycles. The lowest BCUT2D eigenvalue weighted by molar-refractivity contribution is -0.375. The zero-order chi connectivity index (χ0) is 49.0. The summed E-state index contributed by atoms with van der Waals surface area (Å²) in [6.45, 7) is 1.93. The maximum atomic E-state index is 12.1. The average molecular weight is 973 g/mol. The van der Waals surface area contributed by atoms with Crippen LogP contribution in [0.5, 0.6) is 0 Å². The first-order valence-electron chi connectivity index (χ1n) is 24.8. The molecule has 9 rings (SSSR count). The highest BCUT2D eigenvalue weighted by Crippen LogP contribution is 2.36. The van der Waals surface area contributed by atoms with E-state index in [0.717, 1.165) is 38.9 Å². The van der Waals surface area contributed by atoms with Crippen molar-refractivity contribution in [1.29, 1.82) is 0 Å². The van der Waals surface area contributed by atoms with E-state index in [-0.39, 0.29) is 46.2 Å². The van der Waals surface area contributed by atoms with Gasteiger partial charge in [0.15, 0.2) is 12.6 Å². The predicted octanol–water partition coefficient (Wildman–Crippen LogP) is 10.2. The van der Waals surface area contributed by atoms with Crippen LogP contribution < -0.4 is 0 Å². The highest BCUT2D eigenvalue weighted by molar-refractivity contribution is 5.19. The molecule has 0 bridgehead atoms. The number of aliphatic hydroxyl groups excluding tert-OH is 1. The summed E-state index contributed by atoms with van der Waals surface area (Å²) in [4.78, 5) is 0. The second kappa shape index (κ2) is 27.2. The van der Waals surface area contributed by atoms with E-state index in [1.165, 1.54) is 0 Å². The summed E-state index contributed by atoms with van der Waals surface area (Å²) in [5.74, 6) is 0. The molecule has 72 heavy (non-hydrogen) atoms.